The summed E-state index contributed by atoms with van der Waals surface area (Å²) < 4.78 is 28.2. The first-order valence-electron chi connectivity index (χ1n) is 5.59. The lowest BCUT2D eigenvalue weighted by Gasteiger charge is -2.12. The summed E-state index contributed by atoms with van der Waals surface area (Å²) in [6.45, 7) is 0. The third kappa shape index (κ3) is 3.19. The van der Waals surface area contributed by atoms with E-state index < -0.39 is 10.0 Å². The normalized spacial score (nSPS) is 11.1. The summed E-state index contributed by atoms with van der Waals surface area (Å²) in [6, 6.07) is 14.0. The van der Waals surface area contributed by atoms with Crippen LogP contribution in [0.2, 0.25) is 0 Å². The fourth-order valence-electron chi connectivity index (χ4n) is 1.65. The summed E-state index contributed by atoms with van der Waals surface area (Å²) in [5, 5.41) is 2.88. The maximum absolute atomic E-state index is 12.4. The van der Waals surface area contributed by atoms with Gasteiger partial charge in [-0.1, -0.05) is 24.3 Å². The number of hydrogen-bond donors (Lipinski definition) is 2. The third-order valence-corrected chi connectivity index (χ3v) is 4.93. The van der Waals surface area contributed by atoms with Gasteiger partial charge in [0.15, 0.2) is 0 Å². The van der Waals surface area contributed by atoms with Gasteiger partial charge in [-0.15, -0.1) is 0 Å². The Balaban J connectivity index is 2.41. The summed E-state index contributed by atoms with van der Waals surface area (Å²) in [4.78, 5) is 0.233. The van der Waals surface area contributed by atoms with Gasteiger partial charge in [0.1, 0.15) is 4.90 Å². The molecule has 4 nitrogen and oxygen atoms in total. The molecule has 2 N–H and O–H groups in total. The molecule has 0 saturated carbocycles. The number of benzene rings is 2. The first kappa shape index (κ1) is 14.1. The number of sulfonamides is 1. The van der Waals surface area contributed by atoms with Crippen molar-refractivity contribution >= 4 is 44.0 Å². The van der Waals surface area contributed by atoms with Crippen LogP contribution in [-0.4, -0.2) is 15.5 Å². The Morgan fingerprint density at radius 2 is 1.53 bits per heavy atom. The number of halogens is 1. The largest absolute Gasteiger partial charge is 0.387 e. The van der Waals surface area contributed by atoms with Crippen molar-refractivity contribution in [2.75, 3.05) is 17.1 Å². The summed E-state index contributed by atoms with van der Waals surface area (Å²) in [5.74, 6) is 0. The Bertz CT molecular complexity index is 687. The zero-order chi connectivity index (χ0) is 13.9. The van der Waals surface area contributed by atoms with Crippen LogP contribution in [0.15, 0.2) is 53.4 Å². The van der Waals surface area contributed by atoms with Crippen LogP contribution in [0.1, 0.15) is 0 Å². The highest BCUT2D eigenvalue weighted by molar-refractivity contribution is 14.1. The number of nitrogens with one attached hydrogen (secondary N) is 2. The second-order valence-corrected chi connectivity index (χ2v) is 6.64. The van der Waals surface area contributed by atoms with E-state index in [0.29, 0.717) is 11.4 Å². The zero-order valence-electron chi connectivity index (χ0n) is 10.2. The molecule has 2 rings (SSSR count). The lowest BCUT2D eigenvalue weighted by molar-refractivity contribution is 0.601. The van der Waals surface area contributed by atoms with Gasteiger partial charge in [-0.3, -0.25) is 4.72 Å². The number of rotatable bonds is 4. The van der Waals surface area contributed by atoms with Crippen molar-refractivity contribution in [2.45, 2.75) is 4.90 Å². The molecule has 0 unspecified atom stereocenters. The molecule has 0 aliphatic carbocycles. The molecule has 2 aromatic carbocycles. The fraction of sp³-hybridized carbons (Fsp3) is 0.0769. The van der Waals surface area contributed by atoms with Gasteiger partial charge in [-0.05, 0) is 46.9 Å². The average molecular weight is 388 g/mol. The van der Waals surface area contributed by atoms with Gasteiger partial charge in [0.25, 0.3) is 10.0 Å². The van der Waals surface area contributed by atoms with Crippen molar-refractivity contribution in [3.63, 3.8) is 0 Å². The number of hydrogen-bond acceptors (Lipinski definition) is 3. The van der Waals surface area contributed by atoms with E-state index in [2.05, 4.69) is 32.6 Å². The molecule has 0 amide bonds. The maximum Gasteiger partial charge on any atom is 0.263 e. The van der Waals surface area contributed by atoms with E-state index in [1.54, 1.807) is 43.4 Å². The van der Waals surface area contributed by atoms with Crippen molar-refractivity contribution < 1.29 is 8.42 Å². The monoisotopic (exact) mass is 388 g/mol. The highest BCUT2D eigenvalue weighted by atomic mass is 127. The lowest BCUT2D eigenvalue weighted by atomic mass is 10.3. The highest BCUT2D eigenvalue weighted by Gasteiger charge is 2.18. The molecule has 0 aliphatic rings. The molecule has 0 aliphatic heterocycles. The average Bonchev–Trinajstić information content (AvgIpc) is 2.41. The first-order chi connectivity index (χ1) is 9.04. The summed E-state index contributed by atoms with van der Waals surface area (Å²) in [6.07, 6.45) is 0. The van der Waals surface area contributed by atoms with Gasteiger partial charge in [0.2, 0.25) is 0 Å². The van der Waals surface area contributed by atoms with Crippen LogP contribution in [0.25, 0.3) is 0 Å². The molecule has 6 heteroatoms. The first-order valence-corrected chi connectivity index (χ1v) is 8.15. The van der Waals surface area contributed by atoms with Crippen LogP contribution in [0, 0.1) is 3.57 Å². The van der Waals surface area contributed by atoms with Crippen molar-refractivity contribution in [3.05, 3.63) is 52.1 Å². The van der Waals surface area contributed by atoms with Crippen LogP contribution >= 0.6 is 22.6 Å². The Hall–Kier alpha value is -1.28. The van der Waals surface area contributed by atoms with Gasteiger partial charge < -0.3 is 5.32 Å². The van der Waals surface area contributed by atoms with Gasteiger partial charge in [0, 0.05) is 10.6 Å². The van der Waals surface area contributed by atoms with Gasteiger partial charge in [-0.2, -0.15) is 0 Å². The third-order valence-electron chi connectivity index (χ3n) is 2.56. The van der Waals surface area contributed by atoms with Gasteiger partial charge in [-0.25, -0.2) is 8.42 Å². The molecule has 2 aromatic rings. The number of para-hydroxylation sites is 2. The topological polar surface area (TPSA) is 58.2 Å². The molecular weight excluding hydrogens is 375 g/mol. The number of anilines is 2. The van der Waals surface area contributed by atoms with E-state index in [1.165, 1.54) is 0 Å². The predicted octanol–water partition coefficient (Wildman–Crippen LogP) is 3.13. The molecule has 0 bridgehead atoms. The van der Waals surface area contributed by atoms with E-state index in [4.69, 9.17) is 0 Å². The van der Waals surface area contributed by atoms with E-state index in [-0.39, 0.29) is 4.90 Å². The van der Waals surface area contributed by atoms with Crippen LogP contribution < -0.4 is 10.0 Å². The minimum atomic E-state index is -3.60. The standard InChI is InChI=1S/C13H13IN2O2S/c1-15-12-8-4-5-9-13(12)19(17,18)16-11-7-3-2-6-10(11)14/h2-9,15-16H,1H3. The summed E-state index contributed by atoms with van der Waals surface area (Å²) in [7, 11) is -1.90. The molecule has 0 spiro atoms. The lowest BCUT2D eigenvalue weighted by Crippen LogP contribution is -2.15. The van der Waals surface area contributed by atoms with E-state index in [0.717, 1.165) is 3.57 Å². The summed E-state index contributed by atoms with van der Waals surface area (Å²) in [5.41, 5.74) is 1.15. The molecule has 100 valence electrons. The van der Waals surface area contributed by atoms with E-state index in [1.807, 2.05) is 12.1 Å². The van der Waals surface area contributed by atoms with Crippen LogP contribution in [0.3, 0.4) is 0 Å². The summed E-state index contributed by atoms with van der Waals surface area (Å²) >= 11 is 2.10. The molecule has 19 heavy (non-hydrogen) atoms. The Kier molecular flexibility index (Phi) is 4.31. The predicted molar refractivity (Wildman–Crippen MR) is 86.0 cm³/mol. The zero-order valence-corrected chi connectivity index (χ0v) is 13.2. The quantitative estimate of drug-likeness (QED) is 0.792. The molecule has 0 atom stereocenters. The van der Waals surface area contributed by atoms with Crippen LogP contribution in [0.5, 0.6) is 0 Å². The van der Waals surface area contributed by atoms with E-state index >= 15 is 0 Å². The SMILES string of the molecule is CNc1ccccc1S(=O)(=O)Nc1ccccc1I. The van der Waals surface area contributed by atoms with Gasteiger partial charge >= 0.3 is 0 Å². The smallest absolute Gasteiger partial charge is 0.263 e. The molecule has 0 heterocycles. The fourth-order valence-corrected chi connectivity index (χ4v) is 3.65. The molecular formula is C13H13IN2O2S. The van der Waals surface area contributed by atoms with Crippen LogP contribution in [0.4, 0.5) is 11.4 Å². The van der Waals surface area contributed by atoms with Crippen molar-refractivity contribution in [1.82, 2.24) is 0 Å². The Labute approximate surface area is 126 Å². The highest BCUT2D eigenvalue weighted by Crippen LogP contribution is 2.25. The van der Waals surface area contributed by atoms with Crippen molar-refractivity contribution in [3.8, 4) is 0 Å². The van der Waals surface area contributed by atoms with Crippen molar-refractivity contribution in [1.29, 1.82) is 0 Å². The minimum Gasteiger partial charge on any atom is -0.387 e. The Morgan fingerprint density at radius 3 is 2.16 bits per heavy atom. The second kappa shape index (κ2) is 5.79. The second-order valence-electron chi connectivity index (χ2n) is 3.83. The maximum atomic E-state index is 12.4. The van der Waals surface area contributed by atoms with Crippen LogP contribution in [-0.2, 0) is 10.0 Å². The Morgan fingerprint density at radius 1 is 0.947 bits per heavy atom. The molecule has 0 aromatic heterocycles. The minimum absolute atomic E-state index is 0.233. The van der Waals surface area contributed by atoms with Crippen molar-refractivity contribution in [2.24, 2.45) is 0 Å². The van der Waals surface area contributed by atoms with Gasteiger partial charge in [0.05, 0.1) is 11.4 Å². The van der Waals surface area contributed by atoms with E-state index in [9.17, 15) is 8.42 Å². The molecule has 0 fully saturated rings. The molecule has 0 saturated heterocycles. The molecule has 0 radical (unpaired) electrons.